The van der Waals surface area contributed by atoms with Crippen LogP contribution in [0.5, 0.6) is 28.7 Å². The number of phenols is 4. The van der Waals surface area contributed by atoms with Crippen LogP contribution in [0.25, 0.3) is 0 Å². The van der Waals surface area contributed by atoms with Gasteiger partial charge in [-0.25, -0.2) is 0 Å². The van der Waals surface area contributed by atoms with Crippen LogP contribution in [0.3, 0.4) is 0 Å². The minimum Gasteiger partial charge on any atom is -0.504 e. The second kappa shape index (κ2) is 6.94. The number of aliphatic hydroxyl groups is 1. The number of ether oxygens (including phenoxy) is 1. The highest BCUT2D eigenvalue weighted by molar-refractivity contribution is 5.69. The van der Waals surface area contributed by atoms with E-state index in [-0.39, 0.29) is 5.56 Å². The molecular formula is C17H27NO6. The lowest BCUT2D eigenvalue weighted by Gasteiger charge is -2.41. The fourth-order valence-electron chi connectivity index (χ4n) is 3.63. The van der Waals surface area contributed by atoms with Crippen LogP contribution in [0, 0.1) is 0 Å². The lowest BCUT2D eigenvalue weighted by atomic mass is 9.72. The number of hydrogen-bond donors (Lipinski definition) is 5. The Bertz CT molecular complexity index is 566. The van der Waals surface area contributed by atoms with E-state index in [0.29, 0.717) is 19.4 Å². The number of phenolic OH excluding ortho intramolecular Hbond substituents is 4. The average molecular weight is 341 g/mol. The Kier molecular flexibility index (Phi) is 5.35. The summed E-state index contributed by atoms with van der Waals surface area (Å²) >= 11 is 0. The lowest BCUT2D eigenvalue weighted by molar-refractivity contribution is -0.0290. The molecule has 1 atom stereocenters. The molecule has 1 aliphatic rings. The molecule has 0 radical (unpaired) electrons. The number of hydrogen-bond acceptors (Lipinski definition) is 7. The van der Waals surface area contributed by atoms with Gasteiger partial charge in [0, 0.05) is 12.5 Å². The lowest BCUT2D eigenvalue weighted by Crippen LogP contribution is -2.43. The maximum atomic E-state index is 11.1. The number of methoxy groups -OCH3 is 1. The minimum absolute atomic E-state index is 0.0519. The van der Waals surface area contributed by atoms with Gasteiger partial charge in [-0.3, -0.25) is 0 Å². The number of rotatable bonds is 5. The molecule has 7 nitrogen and oxygen atoms in total. The highest BCUT2D eigenvalue weighted by atomic mass is 16.5. The zero-order valence-electron chi connectivity index (χ0n) is 14.4. The zero-order valence-corrected chi connectivity index (χ0v) is 14.4. The Labute approximate surface area is 141 Å². The highest BCUT2D eigenvalue weighted by Crippen LogP contribution is 2.56. The SMILES string of the molecule is COc1c(O)c(O)c(C(CN(C)C)C2(O)CCCCC2)c(O)c1O. The van der Waals surface area contributed by atoms with Crippen LogP contribution < -0.4 is 4.74 Å². The van der Waals surface area contributed by atoms with E-state index in [4.69, 9.17) is 4.74 Å². The second-order valence-electron chi connectivity index (χ2n) is 6.82. The maximum absolute atomic E-state index is 11.1. The van der Waals surface area contributed by atoms with Crippen molar-refractivity contribution in [3.63, 3.8) is 0 Å². The van der Waals surface area contributed by atoms with Gasteiger partial charge in [0.2, 0.25) is 17.2 Å². The molecule has 0 heterocycles. The summed E-state index contributed by atoms with van der Waals surface area (Å²) in [6.07, 6.45) is 3.76. The highest BCUT2D eigenvalue weighted by Gasteiger charge is 2.43. The minimum atomic E-state index is -1.13. The van der Waals surface area contributed by atoms with Crippen molar-refractivity contribution in [2.75, 3.05) is 27.7 Å². The van der Waals surface area contributed by atoms with E-state index < -0.39 is 40.3 Å². The topological polar surface area (TPSA) is 114 Å². The normalized spacial score (nSPS) is 18.5. The van der Waals surface area contributed by atoms with Gasteiger partial charge < -0.3 is 35.2 Å². The summed E-state index contributed by atoms with van der Waals surface area (Å²) in [7, 11) is 4.84. The van der Waals surface area contributed by atoms with E-state index in [1.165, 1.54) is 7.11 Å². The monoisotopic (exact) mass is 341 g/mol. The standard InChI is InChI=1S/C17H27NO6/c1-18(2)9-10(17(23)7-5-4-6-8-17)11-12(19)14(21)16(24-3)15(22)13(11)20/h10,19-23H,4-9H2,1-3H3. The Hall–Kier alpha value is -1.86. The van der Waals surface area contributed by atoms with Gasteiger partial charge in [-0.15, -0.1) is 0 Å². The van der Waals surface area contributed by atoms with Crippen LogP contribution in [0.4, 0.5) is 0 Å². The molecule has 1 fully saturated rings. The number of benzene rings is 1. The first kappa shape index (κ1) is 18.5. The Morgan fingerprint density at radius 2 is 1.46 bits per heavy atom. The molecule has 1 saturated carbocycles. The molecule has 0 aromatic heterocycles. The first-order valence-corrected chi connectivity index (χ1v) is 8.13. The molecule has 1 unspecified atom stereocenters. The van der Waals surface area contributed by atoms with Crippen molar-refractivity contribution in [1.82, 2.24) is 4.90 Å². The molecular weight excluding hydrogens is 314 g/mol. The van der Waals surface area contributed by atoms with E-state index in [1.54, 1.807) is 0 Å². The van der Waals surface area contributed by atoms with Gasteiger partial charge in [0.05, 0.1) is 18.3 Å². The third-order valence-corrected chi connectivity index (χ3v) is 4.86. The van der Waals surface area contributed by atoms with Crippen molar-refractivity contribution >= 4 is 0 Å². The average Bonchev–Trinajstić information content (AvgIpc) is 2.53. The summed E-state index contributed by atoms with van der Waals surface area (Å²) in [6, 6.07) is 0. The Morgan fingerprint density at radius 1 is 0.958 bits per heavy atom. The Balaban J connectivity index is 2.62. The predicted octanol–water partition coefficient (Wildman–Crippen LogP) is 1.86. The van der Waals surface area contributed by atoms with Gasteiger partial charge in [-0.2, -0.15) is 0 Å². The fourth-order valence-corrected chi connectivity index (χ4v) is 3.63. The van der Waals surface area contributed by atoms with Gasteiger partial charge in [0.15, 0.2) is 11.5 Å². The van der Waals surface area contributed by atoms with Crippen molar-refractivity contribution in [2.45, 2.75) is 43.6 Å². The summed E-state index contributed by atoms with van der Waals surface area (Å²) in [5.41, 5.74) is -1.19. The maximum Gasteiger partial charge on any atom is 0.210 e. The zero-order chi connectivity index (χ0) is 18.1. The van der Waals surface area contributed by atoms with E-state index in [0.717, 1.165) is 19.3 Å². The van der Waals surface area contributed by atoms with E-state index in [9.17, 15) is 25.5 Å². The number of likely N-dealkylation sites (N-methyl/N-ethyl adjacent to an activating group) is 1. The van der Waals surface area contributed by atoms with Gasteiger partial charge in [0.25, 0.3) is 0 Å². The quantitative estimate of drug-likeness (QED) is 0.410. The van der Waals surface area contributed by atoms with Crippen LogP contribution in [0.2, 0.25) is 0 Å². The van der Waals surface area contributed by atoms with Crippen molar-refractivity contribution in [3.05, 3.63) is 5.56 Å². The molecule has 0 aliphatic heterocycles. The third kappa shape index (κ3) is 3.18. The first-order valence-electron chi connectivity index (χ1n) is 8.13. The van der Waals surface area contributed by atoms with E-state index >= 15 is 0 Å². The summed E-state index contributed by atoms with van der Waals surface area (Å²) < 4.78 is 4.83. The molecule has 0 bridgehead atoms. The molecule has 1 aromatic rings. The molecule has 1 aliphatic carbocycles. The van der Waals surface area contributed by atoms with Crippen LogP contribution in [-0.2, 0) is 0 Å². The summed E-state index contributed by atoms with van der Waals surface area (Å²) in [6.45, 7) is 0.336. The summed E-state index contributed by atoms with van der Waals surface area (Å²) in [4.78, 5) is 1.83. The summed E-state index contributed by atoms with van der Waals surface area (Å²) in [5, 5.41) is 52.2. The third-order valence-electron chi connectivity index (χ3n) is 4.86. The fraction of sp³-hybridized carbons (Fsp3) is 0.647. The molecule has 0 saturated heterocycles. The van der Waals surface area contributed by atoms with E-state index in [1.807, 2.05) is 19.0 Å². The number of nitrogens with zero attached hydrogens (tertiary/aromatic N) is 1. The molecule has 24 heavy (non-hydrogen) atoms. The van der Waals surface area contributed by atoms with Gasteiger partial charge >= 0.3 is 0 Å². The van der Waals surface area contributed by atoms with Crippen LogP contribution in [-0.4, -0.2) is 63.8 Å². The Morgan fingerprint density at radius 3 is 1.88 bits per heavy atom. The van der Waals surface area contributed by atoms with Crippen LogP contribution >= 0.6 is 0 Å². The molecule has 1 aromatic carbocycles. The summed E-state index contributed by atoms with van der Waals surface area (Å²) in [5.74, 6) is -3.51. The molecule has 2 rings (SSSR count). The van der Waals surface area contributed by atoms with Gasteiger partial charge in [-0.05, 0) is 26.9 Å². The van der Waals surface area contributed by atoms with Gasteiger partial charge in [-0.1, -0.05) is 19.3 Å². The smallest absolute Gasteiger partial charge is 0.210 e. The predicted molar refractivity (Wildman–Crippen MR) is 89.0 cm³/mol. The first-order chi connectivity index (χ1) is 11.2. The molecule has 0 spiro atoms. The molecule has 0 amide bonds. The van der Waals surface area contributed by atoms with Crippen LogP contribution in [0.1, 0.15) is 43.6 Å². The van der Waals surface area contributed by atoms with Gasteiger partial charge in [0.1, 0.15) is 0 Å². The van der Waals surface area contributed by atoms with Crippen molar-refractivity contribution in [1.29, 1.82) is 0 Å². The largest absolute Gasteiger partial charge is 0.504 e. The van der Waals surface area contributed by atoms with Crippen molar-refractivity contribution < 1.29 is 30.3 Å². The second-order valence-corrected chi connectivity index (χ2v) is 6.82. The molecule has 7 heteroatoms. The van der Waals surface area contributed by atoms with Crippen LogP contribution in [0.15, 0.2) is 0 Å². The number of aromatic hydroxyl groups is 4. The van der Waals surface area contributed by atoms with Crippen molar-refractivity contribution in [3.8, 4) is 28.7 Å². The van der Waals surface area contributed by atoms with Crippen molar-refractivity contribution in [2.24, 2.45) is 0 Å². The molecule has 5 N–H and O–H groups in total. The van der Waals surface area contributed by atoms with E-state index in [2.05, 4.69) is 0 Å². The molecule has 136 valence electrons.